The first-order chi connectivity index (χ1) is 9.38. The number of aliphatic hydroxyl groups excluding tert-OH is 1. The topological polar surface area (TPSA) is 58.6 Å². The van der Waals surface area contributed by atoms with E-state index in [-0.39, 0.29) is 17.9 Å². The molecule has 0 heterocycles. The van der Waals surface area contributed by atoms with Crippen molar-refractivity contribution in [1.82, 2.24) is 5.32 Å². The Morgan fingerprint density at radius 2 is 2.10 bits per heavy atom. The molecular formula is C16H25NO3. The normalized spacial score (nSPS) is 11.2. The van der Waals surface area contributed by atoms with E-state index < -0.39 is 0 Å². The molecule has 0 saturated heterocycles. The fourth-order valence-electron chi connectivity index (χ4n) is 2.01. The summed E-state index contributed by atoms with van der Waals surface area (Å²) in [7, 11) is 1.61. The first-order valence-corrected chi connectivity index (χ1v) is 6.89. The van der Waals surface area contributed by atoms with Crippen molar-refractivity contribution in [2.45, 2.75) is 33.6 Å². The Hall–Kier alpha value is -1.55. The van der Waals surface area contributed by atoms with E-state index in [4.69, 9.17) is 9.84 Å². The number of amides is 1. The van der Waals surface area contributed by atoms with E-state index in [9.17, 15) is 4.79 Å². The smallest absolute Gasteiger partial charge is 0.224 e. The highest BCUT2D eigenvalue weighted by Gasteiger charge is 2.18. The maximum atomic E-state index is 12.0. The molecule has 1 amide bonds. The van der Waals surface area contributed by atoms with Crippen LogP contribution in [0.1, 0.15) is 31.4 Å². The number of carbonyl (C=O) groups is 1. The number of nitrogens with one attached hydrogen (secondary N) is 1. The molecule has 0 radical (unpaired) electrons. The van der Waals surface area contributed by atoms with Crippen LogP contribution in [-0.4, -0.2) is 31.3 Å². The quantitative estimate of drug-likeness (QED) is 0.803. The second kappa shape index (κ2) is 7.29. The van der Waals surface area contributed by atoms with Crippen LogP contribution in [0.5, 0.6) is 5.75 Å². The number of hydrogen-bond donors (Lipinski definition) is 2. The van der Waals surface area contributed by atoms with Gasteiger partial charge in [-0.05, 0) is 24.8 Å². The lowest BCUT2D eigenvalue weighted by Gasteiger charge is -2.23. The zero-order chi connectivity index (χ0) is 15.2. The molecule has 1 aromatic carbocycles. The number of rotatable bonds is 7. The third kappa shape index (κ3) is 5.21. The fourth-order valence-corrected chi connectivity index (χ4v) is 2.01. The number of aliphatic hydroxyl groups is 1. The molecule has 0 unspecified atom stereocenters. The van der Waals surface area contributed by atoms with Gasteiger partial charge in [-0.2, -0.15) is 0 Å². The van der Waals surface area contributed by atoms with E-state index in [0.29, 0.717) is 19.4 Å². The van der Waals surface area contributed by atoms with Crippen molar-refractivity contribution in [3.05, 3.63) is 29.3 Å². The highest BCUT2D eigenvalue weighted by molar-refractivity contribution is 5.79. The number of methoxy groups -OCH3 is 1. The summed E-state index contributed by atoms with van der Waals surface area (Å²) < 4.78 is 5.27. The molecule has 0 spiro atoms. The van der Waals surface area contributed by atoms with Crippen LogP contribution in [0.15, 0.2) is 18.2 Å². The lowest BCUT2D eigenvalue weighted by atomic mass is 9.89. The van der Waals surface area contributed by atoms with Crippen molar-refractivity contribution in [2.75, 3.05) is 20.3 Å². The number of carbonyl (C=O) groups excluding carboxylic acids is 1. The van der Waals surface area contributed by atoms with Crippen LogP contribution in [0, 0.1) is 12.3 Å². The molecule has 0 aliphatic heterocycles. The monoisotopic (exact) mass is 279 g/mol. The molecule has 1 rings (SSSR count). The average molecular weight is 279 g/mol. The van der Waals surface area contributed by atoms with Crippen LogP contribution in [0.25, 0.3) is 0 Å². The molecule has 0 bridgehead atoms. The third-order valence-corrected chi connectivity index (χ3v) is 3.34. The van der Waals surface area contributed by atoms with Gasteiger partial charge < -0.3 is 15.2 Å². The summed E-state index contributed by atoms with van der Waals surface area (Å²) in [5, 5.41) is 11.9. The van der Waals surface area contributed by atoms with Crippen LogP contribution in [0.3, 0.4) is 0 Å². The average Bonchev–Trinajstić information content (AvgIpc) is 2.37. The highest BCUT2D eigenvalue weighted by atomic mass is 16.5. The highest BCUT2D eigenvalue weighted by Crippen LogP contribution is 2.21. The van der Waals surface area contributed by atoms with Crippen LogP contribution in [0.2, 0.25) is 0 Å². The van der Waals surface area contributed by atoms with Crippen LogP contribution < -0.4 is 10.1 Å². The van der Waals surface area contributed by atoms with Crippen molar-refractivity contribution < 1.29 is 14.6 Å². The van der Waals surface area contributed by atoms with Gasteiger partial charge in [-0.3, -0.25) is 4.79 Å². The molecule has 0 fully saturated rings. The number of benzene rings is 1. The molecule has 2 N–H and O–H groups in total. The molecule has 0 atom stereocenters. The number of ether oxygens (including phenoxy) is 1. The van der Waals surface area contributed by atoms with Gasteiger partial charge in [-0.15, -0.1) is 0 Å². The molecule has 4 nitrogen and oxygen atoms in total. The Balaban J connectivity index is 2.61. The van der Waals surface area contributed by atoms with E-state index in [1.165, 1.54) is 0 Å². The van der Waals surface area contributed by atoms with Gasteiger partial charge in [-0.25, -0.2) is 0 Å². The molecule has 112 valence electrons. The van der Waals surface area contributed by atoms with Gasteiger partial charge >= 0.3 is 0 Å². The summed E-state index contributed by atoms with van der Waals surface area (Å²) in [6.07, 6.45) is 0.973. The van der Waals surface area contributed by atoms with Gasteiger partial charge in [0.2, 0.25) is 5.91 Å². The molecule has 0 aliphatic carbocycles. The Labute approximate surface area is 121 Å². The zero-order valence-corrected chi connectivity index (χ0v) is 12.8. The minimum absolute atomic E-state index is 0.0279. The third-order valence-electron chi connectivity index (χ3n) is 3.34. The summed E-state index contributed by atoms with van der Waals surface area (Å²) in [6, 6.07) is 5.82. The Kier molecular flexibility index (Phi) is 6.02. The predicted molar refractivity (Wildman–Crippen MR) is 79.9 cm³/mol. The molecule has 0 saturated carbocycles. The summed E-state index contributed by atoms with van der Waals surface area (Å²) in [5.74, 6) is 0.709. The van der Waals surface area contributed by atoms with Crippen molar-refractivity contribution >= 4 is 5.91 Å². The van der Waals surface area contributed by atoms with Crippen molar-refractivity contribution in [3.8, 4) is 5.75 Å². The van der Waals surface area contributed by atoms with E-state index in [1.807, 2.05) is 39.0 Å². The maximum absolute atomic E-state index is 12.0. The summed E-state index contributed by atoms with van der Waals surface area (Å²) in [5.41, 5.74) is 1.90. The van der Waals surface area contributed by atoms with Crippen molar-refractivity contribution in [2.24, 2.45) is 5.41 Å². The second-order valence-electron chi connectivity index (χ2n) is 5.91. The minimum atomic E-state index is -0.0961. The van der Waals surface area contributed by atoms with Gasteiger partial charge in [-0.1, -0.05) is 31.5 Å². The molecule has 0 aliphatic rings. The van der Waals surface area contributed by atoms with Crippen LogP contribution in [-0.2, 0) is 11.2 Å². The van der Waals surface area contributed by atoms with E-state index in [1.54, 1.807) is 7.11 Å². The van der Waals surface area contributed by atoms with Gasteiger partial charge in [0, 0.05) is 18.7 Å². The van der Waals surface area contributed by atoms with Gasteiger partial charge in [0.25, 0.3) is 0 Å². The number of aryl methyl sites for hydroxylation is 1. The Morgan fingerprint density at radius 3 is 2.70 bits per heavy atom. The molecular weight excluding hydrogens is 254 g/mol. The SMILES string of the molecule is COc1ccc(C)cc1CC(=O)NCC(C)(C)CCO. The standard InChI is InChI=1S/C16H25NO3/c1-12-5-6-14(20-4)13(9-12)10-15(19)17-11-16(2,3)7-8-18/h5-6,9,18H,7-8,10-11H2,1-4H3,(H,17,19). The van der Waals surface area contributed by atoms with Crippen LogP contribution in [0.4, 0.5) is 0 Å². The van der Waals surface area contributed by atoms with Gasteiger partial charge in [0.15, 0.2) is 0 Å². The Bertz CT molecular complexity index is 455. The molecule has 0 aromatic heterocycles. The zero-order valence-electron chi connectivity index (χ0n) is 12.8. The van der Waals surface area contributed by atoms with Crippen molar-refractivity contribution in [3.63, 3.8) is 0 Å². The molecule has 1 aromatic rings. The first kappa shape index (κ1) is 16.5. The fraction of sp³-hybridized carbons (Fsp3) is 0.562. The van der Waals surface area contributed by atoms with Crippen LogP contribution >= 0.6 is 0 Å². The number of hydrogen-bond acceptors (Lipinski definition) is 3. The van der Waals surface area contributed by atoms with E-state index in [2.05, 4.69) is 5.32 Å². The lowest BCUT2D eigenvalue weighted by Crippen LogP contribution is -2.35. The second-order valence-corrected chi connectivity index (χ2v) is 5.91. The first-order valence-electron chi connectivity index (χ1n) is 6.89. The molecule has 4 heteroatoms. The summed E-state index contributed by atoms with van der Waals surface area (Å²) in [4.78, 5) is 12.0. The Morgan fingerprint density at radius 1 is 1.40 bits per heavy atom. The lowest BCUT2D eigenvalue weighted by molar-refractivity contribution is -0.120. The van der Waals surface area contributed by atoms with Gasteiger partial charge in [0.1, 0.15) is 5.75 Å². The van der Waals surface area contributed by atoms with Crippen molar-refractivity contribution in [1.29, 1.82) is 0 Å². The molecule has 20 heavy (non-hydrogen) atoms. The summed E-state index contributed by atoms with van der Waals surface area (Å²) in [6.45, 7) is 6.73. The maximum Gasteiger partial charge on any atom is 0.224 e. The largest absolute Gasteiger partial charge is 0.496 e. The van der Waals surface area contributed by atoms with E-state index in [0.717, 1.165) is 16.9 Å². The minimum Gasteiger partial charge on any atom is -0.496 e. The predicted octanol–water partition coefficient (Wildman–Crippen LogP) is 2.07. The van der Waals surface area contributed by atoms with Gasteiger partial charge in [0.05, 0.1) is 13.5 Å². The van der Waals surface area contributed by atoms with E-state index >= 15 is 0 Å². The summed E-state index contributed by atoms with van der Waals surface area (Å²) >= 11 is 0.